The van der Waals surface area contributed by atoms with Gasteiger partial charge in [-0.2, -0.15) is 0 Å². The summed E-state index contributed by atoms with van der Waals surface area (Å²) in [6.07, 6.45) is 0. The van der Waals surface area contributed by atoms with Crippen molar-refractivity contribution in [1.29, 1.82) is 0 Å². The number of carbonyl (C=O) groups is 1. The molecule has 0 saturated carbocycles. The van der Waals surface area contributed by atoms with Crippen molar-refractivity contribution in [3.05, 3.63) is 59.2 Å². The first kappa shape index (κ1) is 16.2. The lowest BCUT2D eigenvalue weighted by molar-refractivity contribution is 0.102. The largest absolute Gasteiger partial charge is 0.360 e. The quantitative estimate of drug-likeness (QED) is 0.725. The molecule has 0 fully saturated rings. The highest BCUT2D eigenvalue weighted by Gasteiger charge is 2.19. The first-order chi connectivity index (χ1) is 11.5. The van der Waals surface area contributed by atoms with E-state index in [0.29, 0.717) is 5.76 Å². The fourth-order valence-corrected chi connectivity index (χ4v) is 4.06. The van der Waals surface area contributed by atoms with Crippen molar-refractivity contribution < 1.29 is 17.7 Å². The first-order valence-corrected chi connectivity index (χ1v) is 9.22. The number of hydrogen-bond acceptors (Lipinski definition) is 6. The van der Waals surface area contributed by atoms with E-state index in [4.69, 9.17) is 4.52 Å². The Morgan fingerprint density at radius 1 is 1.21 bits per heavy atom. The predicted octanol–water partition coefficient (Wildman–Crippen LogP) is 3.10. The zero-order valence-electron chi connectivity index (χ0n) is 12.5. The van der Waals surface area contributed by atoms with Crippen LogP contribution in [-0.4, -0.2) is 19.5 Å². The summed E-state index contributed by atoms with van der Waals surface area (Å²) in [5.74, 6) is 0.318. The number of aryl methyl sites for hydroxylation is 1. The second kappa shape index (κ2) is 6.46. The lowest BCUT2D eigenvalue weighted by atomic mass is 10.1. The van der Waals surface area contributed by atoms with Crippen LogP contribution in [0.25, 0.3) is 0 Å². The van der Waals surface area contributed by atoms with Gasteiger partial charge in [-0.15, -0.1) is 11.3 Å². The summed E-state index contributed by atoms with van der Waals surface area (Å²) >= 11 is 1.10. The molecule has 9 heteroatoms. The van der Waals surface area contributed by atoms with Crippen molar-refractivity contribution in [2.75, 3.05) is 10.0 Å². The maximum atomic E-state index is 12.4. The number of thiophene rings is 1. The number of sulfonamides is 1. The van der Waals surface area contributed by atoms with Gasteiger partial charge in [0.2, 0.25) is 0 Å². The molecule has 0 saturated heterocycles. The van der Waals surface area contributed by atoms with Gasteiger partial charge in [0.25, 0.3) is 15.9 Å². The second-order valence-corrected chi connectivity index (χ2v) is 7.72. The monoisotopic (exact) mass is 363 g/mol. The van der Waals surface area contributed by atoms with E-state index in [1.54, 1.807) is 36.6 Å². The molecule has 0 aliphatic carbocycles. The van der Waals surface area contributed by atoms with E-state index in [1.165, 1.54) is 18.2 Å². The molecule has 1 amide bonds. The van der Waals surface area contributed by atoms with Gasteiger partial charge in [-0.1, -0.05) is 23.4 Å². The second-order valence-electron chi connectivity index (χ2n) is 4.86. The number of nitrogens with one attached hydrogen (secondary N) is 2. The van der Waals surface area contributed by atoms with E-state index >= 15 is 0 Å². The number of benzene rings is 1. The number of nitrogens with zero attached hydrogens (tertiary/aromatic N) is 1. The highest BCUT2D eigenvalue weighted by molar-refractivity contribution is 7.94. The van der Waals surface area contributed by atoms with E-state index in [0.717, 1.165) is 11.3 Å². The molecule has 2 heterocycles. The Morgan fingerprint density at radius 2 is 2.00 bits per heavy atom. The zero-order valence-corrected chi connectivity index (χ0v) is 14.1. The Balaban J connectivity index is 1.86. The molecule has 7 nitrogen and oxygen atoms in total. The lowest BCUT2D eigenvalue weighted by Crippen LogP contribution is -2.18. The molecular formula is C15H13N3O4S2. The number of carbonyl (C=O) groups excluding carboxylic acids is 1. The molecule has 2 aromatic heterocycles. The summed E-state index contributed by atoms with van der Waals surface area (Å²) in [7, 11) is -3.74. The number of amides is 1. The van der Waals surface area contributed by atoms with Gasteiger partial charge >= 0.3 is 0 Å². The van der Waals surface area contributed by atoms with Crippen molar-refractivity contribution in [3.8, 4) is 0 Å². The molecule has 0 atom stereocenters. The fraction of sp³-hybridized carbons (Fsp3) is 0.0667. The number of hydrogen-bond donors (Lipinski definition) is 2. The highest BCUT2D eigenvalue weighted by atomic mass is 32.2. The zero-order chi connectivity index (χ0) is 17.2. The van der Waals surface area contributed by atoms with Crippen LogP contribution >= 0.6 is 11.3 Å². The van der Waals surface area contributed by atoms with Gasteiger partial charge in [-0.25, -0.2) is 8.42 Å². The van der Waals surface area contributed by atoms with Gasteiger partial charge in [-0.05, 0) is 30.5 Å². The van der Waals surface area contributed by atoms with Crippen LogP contribution in [0.1, 0.15) is 16.1 Å². The van der Waals surface area contributed by atoms with Crippen LogP contribution < -0.4 is 10.0 Å². The number of aromatic nitrogens is 1. The minimum absolute atomic E-state index is 0.171. The van der Waals surface area contributed by atoms with Crippen LogP contribution in [0.3, 0.4) is 0 Å². The molecule has 0 spiro atoms. The average molecular weight is 363 g/mol. The number of para-hydroxylation sites is 1. The third-order valence-electron chi connectivity index (χ3n) is 3.05. The van der Waals surface area contributed by atoms with Gasteiger partial charge in [0.05, 0.1) is 11.3 Å². The fourth-order valence-electron chi connectivity index (χ4n) is 1.99. The Labute approximate surface area is 142 Å². The molecular weight excluding hydrogens is 350 g/mol. The van der Waals surface area contributed by atoms with Crippen molar-refractivity contribution in [1.82, 2.24) is 5.16 Å². The summed E-state index contributed by atoms with van der Waals surface area (Å²) in [6.45, 7) is 1.70. The maximum Gasteiger partial charge on any atom is 0.271 e. The predicted molar refractivity (Wildman–Crippen MR) is 90.8 cm³/mol. The van der Waals surface area contributed by atoms with E-state index in [9.17, 15) is 13.2 Å². The van der Waals surface area contributed by atoms with Gasteiger partial charge in [-0.3, -0.25) is 9.52 Å². The molecule has 3 aromatic rings. The normalized spacial score (nSPS) is 11.2. The van der Waals surface area contributed by atoms with Gasteiger partial charge in [0, 0.05) is 6.07 Å². The lowest BCUT2D eigenvalue weighted by Gasteiger charge is -2.11. The van der Waals surface area contributed by atoms with E-state index in [-0.39, 0.29) is 21.3 Å². The molecule has 24 heavy (non-hydrogen) atoms. The summed E-state index contributed by atoms with van der Waals surface area (Å²) in [6, 6.07) is 11.0. The SMILES string of the molecule is Cc1cc(NC(=O)c2ccccc2NS(=O)(=O)c2cccs2)no1. The molecule has 1 aromatic carbocycles. The van der Waals surface area contributed by atoms with Gasteiger partial charge in [0.1, 0.15) is 9.97 Å². The molecule has 124 valence electrons. The van der Waals surface area contributed by atoms with E-state index in [2.05, 4.69) is 15.2 Å². The smallest absolute Gasteiger partial charge is 0.271 e. The third kappa shape index (κ3) is 3.47. The van der Waals surface area contributed by atoms with Crippen LogP contribution in [0.2, 0.25) is 0 Å². The first-order valence-electron chi connectivity index (χ1n) is 6.86. The Kier molecular flexibility index (Phi) is 4.36. The summed E-state index contributed by atoms with van der Waals surface area (Å²) in [5, 5.41) is 7.91. The van der Waals surface area contributed by atoms with Crippen molar-refractivity contribution in [2.45, 2.75) is 11.1 Å². The molecule has 0 aliphatic rings. The summed E-state index contributed by atoms with van der Waals surface area (Å²) < 4.78 is 32.2. The highest BCUT2D eigenvalue weighted by Crippen LogP contribution is 2.23. The Bertz CT molecular complexity index is 962. The minimum atomic E-state index is -3.74. The number of anilines is 2. The molecule has 2 N–H and O–H groups in total. The maximum absolute atomic E-state index is 12.4. The summed E-state index contributed by atoms with van der Waals surface area (Å²) in [4.78, 5) is 12.4. The third-order valence-corrected chi connectivity index (χ3v) is 5.81. The van der Waals surface area contributed by atoms with Crippen LogP contribution in [0.4, 0.5) is 11.5 Å². The average Bonchev–Trinajstić information content (AvgIpc) is 3.19. The molecule has 0 unspecified atom stereocenters. The van der Waals surface area contributed by atoms with Crippen LogP contribution in [0, 0.1) is 6.92 Å². The molecule has 0 radical (unpaired) electrons. The molecule has 3 rings (SSSR count). The van der Waals surface area contributed by atoms with Crippen molar-refractivity contribution in [2.24, 2.45) is 0 Å². The van der Waals surface area contributed by atoms with E-state index in [1.807, 2.05) is 0 Å². The standard InChI is InChI=1S/C15H13N3O4S2/c1-10-9-13(17-22-10)16-15(19)11-5-2-3-6-12(11)18-24(20,21)14-7-4-8-23-14/h2-9,18H,1H3,(H,16,17,19). The Hall–Kier alpha value is -2.65. The summed E-state index contributed by atoms with van der Waals surface area (Å²) in [5.41, 5.74) is 0.363. The minimum Gasteiger partial charge on any atom is -0.360 e. The van der Waals surface area contributed by atoms with Crippen LogP contribution in [0.5, 0.6) is 0 Å². The van der Waals surface area contributed by atoms with Crippen LogP contribution in [0.15, 0.2) is 56.6 Å². The Morgan fingerprint density at radius 3 is 2.67 bits per heavy atom. The van der Waals surface area contributed by atoms with Crippen LogP contribution in [-0.2, 0) is 10.0 Å². The van der Waals surface area contributed by atoms with Gasteiger partial charge in [0.15, 0.2) is 5.82 Å². The molecule has 0 aliphatic heterocycles. The number of rotatable bonds is 5. The van der Waals surface area contributed by atoms with E-state index < -0.39 is 15.9 Å². The van der Waals surface area contributed by atoms with Gasteiger partial charge < -0.3 is 9.84 Å². The molecule has 0 bridgehead atoms. The van der Waals surface area contributed by atoms with Crippen molar-refractivity contribution in [3.63, 3.8) is 0 Å². The topological polar surface area (TPSA) is 101 Å². The van der Waals surface area contributed by atoms with Crippen molar-refractivity contribution >= 4 is 38.8 Å².